The zero-order valence-electron chi connectivity index (χ0n) is 17.7. The van der Waals surface area contributed by atoms with Crippen molar-refractivity contribution in [3.8, 4) is 20.9 Å². The van der Waals surface area contributed by atoms with Crippen LogP contribution in [0, 0.1) is 13.8 Å². The van der Waals surface area contributed by atoms with E-state index in [2.05, 4.69) is 35.8 Å². The van der Waals surface area contributed by atoms with Crippen LogP contribution in [0.1, 0.15) is 10.7 Å². The lowest BCUT2D eigenvalue weighted by molar-refractivity contribution is -0.131. The molecule has 0 aliphatic carbocycles. The summed E-state index contributed by atoms with van der Waals surface area (Å²) in [5, 5.41) is 10.2. The largest absolute Gasteiger partial charge is 0.478 e. The molecule has 2 aromatic heterocycles. The summed E-state index contributed by atoms with van der Waals surface area (Å²) < 4.78 is 30.0. The van der Waals surface area contributed by atoms with Crippen LogP contribution in [-0.2, 0) is 19.7 Å². The molecule has 2 heterocycles. The van der Waals surface area contributed by atoms with Crippen LogP contribution in [0.15, 0.2) is 65.4 Å². The summed E-state index contributed by atoms with van der Waals surface area (Å²) in [6.45, 7) is 6.97. The minimum Gasteiger partial charge on any atom is -0.478 e. The molecule has 0 fully saturated rings. The molecular weight excluding hydrogens is 503 g/mol. The fourth-order valence-electron chi connectivity index (χ4n) is 2.52. The first-order chi connectivity index (χ1) is 15.5. The van der Waals surface area contributed by atoms with Gasteiger partial charge in [-0.15, -0.1) is 22.7 Å². The zero-order valence-corrected chi connectivity index (χ0v) is 21.0. The molecule has 0 radical (unpaired) electrons. The monoisotopic (exact) mass is 523 g/mol. The highest BCUT2D eigenvalue weighted by Crippen LogP contribution is 2.35. The molecule has 0 unspecified atom stereocenters. The summed E-state index contributed by atoms with van der Waals surface area (Å²) in [6, 6.07) is 10.2. The van der Waals surface area contributed by atoms with Gasteiger partial charge in [0.2, 0.25) is 5.12 Å². The summed E-state index contributed by atoms with van der Waals surface area (Å²) >= 11 is 4.23. The van der Waals surface area contributed by atoms with E-state index in [9.17, 15) is 18.0 Å². The number of carboxylic acids is 1. The number of thiophene rings is 1. The predicted molar refractivity (Wildman–Crippen MR) is 135 cm³/mol. The van der Waals surface area contributed by atoms with Crippen molar-refractivity contribution in [3.05, 3.63) is 71.2 Å². The molecule has 0 saturated carbocycles. The van der Waals surface area contributed by atoms with Gasteiger partial charge in [-0.2, -0.15) is 8.42 Å². The van der Waals surface area contributed by atoms with Gasteiger partial charge in [0.25, 0.3) is 10.1 Å². The SMILES string of the molecule is C=CC(=O)O.Cc1nc(C)c(-c2ccc(-c3cc(SC(=O)C=CCS(=O)(=O)O)cs3)cc2)s1. The maximum atomic E-state index is 11.9. The van der Waals surface area contributed by atoms with Gasteiger partial charge in [0.1, 0.15) is 0 Å². The first kappa shape index (κ1) is 26.7. The quantitative estimate of drug-likeness (QED) is 0.237. The molecule has 2 N–H and O–H groups in total. The Balaban J connectivity index is 0.000000696. The lowest BCUT2D eigenvalue weighted by atomic mass is 10.1. The van der Waals surface area contributed by atoms with Gasteiger partial charge in [-0.05, 0) is 48.9 Å². The van der Waals surface area contributed by atoms with Gasteiger partial charge < -0.3 is 5.11 Å². The first-order valence-corrected chi connectivity index (χ1v) is 13.4. The molecule has 33 heavy (non-hydrogen) atoms. The zero-order chi connectivity index (χ0) is 24.6. The van der Waals surface area contributed by atoms with E-state index in [0.29, 0.717) is 0 Å². The molecule has 0 aliphatic rings. The minimum absolute atomic E-state index is 0.292. The van der Waals surface area contributed by atoms with Crippen molar-refractivity contribution >= 4 is 55.6 Å². The van der Waals surface area contributed by atoms with E-state index in [0.717, 1.165) is 61.6 Å². The lowest BCUT2D eigenvalue weighted by Crippen LogP contribution is -2.00. The predicted octanol–water partition coefficient (Wildman–Crippen LogP) is 5.48. The molecular formula is C22H21NO6S4. The van der Waals surface area contributed by atoms with Crippen molar-refractivity contribution in [3.63, 3.8) is 0 Å². The second kappa shape index (κ2) is 12.1. The molecule has 1 aromatic carbocycles. The van der Waals surface area contributed by atoms with Crippen LogP contribution < -0.4 is 0 Å². The van der Waals surface area contributed by atoms with Crippen LogP contribution in [0.2, 0.25) is 0 Å². The van der Waals surface area contributed by atoms with Gasteiger partial charge in [0.15, 0.2) is 0 Å². The number of nitrogens with zero attached hydrogens (tertiary/aromatic N) is 1. The number of hydrogen-bond acceptors (Lipinski definition) is 8. The highest BCUT2D eigenvalue weighted by molar-refractivity contribution is 8.14. The molecule has 7 nitrogen and oxygen atoms in total. The van der Waals surface area contributed by atoms with Gasteiger partial charge in [-0.1, -0.05) is 36.9 Å². The number of carbonyl (C=O) groups is 2. The van der Waals surface area contributed by atoms with E-state index in [1.165, 1.54) is 16.2 Å². The standard InChI is InChI=1S/C19H17NO4S4.C3H4O2/c1-12-19(26-13(2)20-12)15-7-5-14(6-8-15)17-10-16(11-25-17)27-18(21)4-3-9-28(22,23)24;1-2-3(4)5/h3-8,10-11H,9H2,1-2H3,(H,22,23,24);2H,1H2,(H,4,5). The van der Waals surface area contributed by atoms with Crippen LogP contribution in [0.25, 0.3) is 20.9 Å². The highest BCUT2D eigenvalue weighted by atomic mass is 32.2. The van der Waals surface area contributed by atoms with Crippen LogP contribution in [0.3, 0.4) is 0 Å². The summed E-state index contributed by atoms with van der Waals surface area (Å²) in [5.41, 5.74) is 3.23. The average molecular weight is 524 g/mol. The number of carboxylic acid groups (broad SMARTS) is 1. The topological polar surface area (TPSA) is 122 Å². The Morgan fingerprint density at radius 1 is 1.18 bits per heavy atom. The molecule has 174 valence electrons. The van der Waals surface area contributed by atoms with E-state index < -0.39 is 21.8 Å². The van der Waals surface area contributed by atoms with Crippen molar-refractivity contribution in [2.24, 2.45) is 0 Å². The molecule has 0 saturated heterocycles. The summed E-state index contributed by atoms with van der Waals surface area (Å²) in [5.74, 6) is -1.55. The number of aryl methyl sites for hydroxylation is 2. The van der Waals surface area contributed by atoms with Crippen molar-refractivity contribution in [2.75, 3.05) is 5.75 Å². The number of thiazole rings is 1. The fourth-order valence-corrected chi connectivity index (χ4v) is 5.55. The summed E-state index contributed by atoms with van der Waals surface area (Å²) in [7, 11) is -4.10. The molecule has 3 rings (SSSR count). The third-order valence-corrected chi connectivity index (χ3v) is 7.54. The molecule has 0 aliphatic heterocycles. The second-order valence-corrected chi connectivity index (χ2v) is 11.2. The van der Waals surface area contributed by atoms with Crippen LogP contribution in [0.4, 0.5) is 0 Å². The lowest BCUT2D eigenvalue weighted by Gasteiger charge is -2.01. The Kier molecular flexibility index (Phi) is 9.74. The maximum Gasteiger partial charge on any atom is 0.327 e. The molecule has 3 aromatic rings. The van der Waals surface area contributed by atoms with Crippen LogP contribution >= 0.6 is 34.4 Å². The van der Waals surface area contributed by atoms with Gasteiger partial charge in [0.05, 0.1) is 21.3 Å². The van der Waals surface area contributed by atoms with Crippen molar-refractivity contribution in [2.45, 2.75) is 18.7 Å². The average Bonchev–Trinajstić information content (AvgIpc) is 3.33. The third kappa shape index (κ3) is 9.06. The highest BCUT2D eigenvalue weighted by Gasteiger charge is 2.10. The first-order valence-electron chi connectivity index (χ1n) is 9.30. The Morgan fingerprint density at radius 2 is 1.79 bits per heavy atom. The Hall–Kier alpha value is -2.57. The Morgan fingerprint density at radius 3 is 2.30 bits per heavy atom. The van der Waals surface area contributed by atoms with Crippen molar-refractivity contribution < 1.29 is 27.7 Å². The number of thioether (sulfide) groups is 1. The Labute approximate surface area is 204 Å². The normalized spacial score (nSPS) is 11.1. The van der Waals surface area contributed by atoms with E-state index >= 15 is 0 Å². The maximum absolute atomic E-state index is 11.9. The molecule has 11 heteroatoms. The van der Waals surface area contributed by atoms with Gasteiger partial charge in [-0.3, -0.25) is 9.35 Å². The van der Waals surface area contributed by atoms with Crippen molar-refractivity contribution in [1.29, 1.82) is 0 Å². The number of carbonyl (C=O) groups excluding carboxylic acids is 1. The number of aliphatic carboxylic acids is 1. The summed E-state index contributed by atoms with van der Waals surface area (Å²) in [6.07, 6.45) is 3.13. The fraction of sp³-hybridized carbons (Fsp3) is 0.136. The van der Waals surface area contributed by atoms with Gasteiger partial charge in [-0.25, -0.2) is 9.78 Å². The van der Waals surface area contributed by atoms with E-state index in [-0.39, 0.29) is 5.12 Å². The smallest absolute Gasteiger partial charge is 0.327 e. The van der Waals surface area contributed by atoms with E-state index in [1.54, 1.807) is 11.3 Å². The van der Waals surface area contributed by atoms with Crippen molar-refractivity contribution in [1.82, 2.24) is 4.98 Å². The number of hydrogen-bond donors (Lipinski definition) is 2. The van der Waals surface area contributed by atoms with E-state index in [1.807, 2.05) is 25.3 Å². The number of benzene rings is 1. The molecule has 0 bridgehead atoms. The second-order valence-electron chi connectivity index (χ2n) is 6.49. The van der Waals surface area contributed by atoms with Gasteiger partial charge in [0, 0.05) is 21.2 Å². The van der Waals surface area contributed by atoms with Crippen LogP contribution in [0.5, 0.6) is 0 Å². The molecule has 0 atom stereocenters. The minimum atomic E-state index is -4.10. The van der Waals surface area contributed by atoms with E-state index in [4.69, 9.17) is 9.66 Å². The number of rotatable bonds is 7. The molecule has 0 spiro atoms. The third-order valence-electron chi connectivity index (χ3n) is 3.86. The summed E-state index contributed by atoms with van der Waals surface area (Å²) in [4.78, 5) is 28.6. The Bertz CT molecular complexity index is 1270. The van der Waals surface area contributed by atoms with Crippen LogP contribution in [-0.4, -0.2) is 39.9 Å². The number of aromatic nitrogens is 1. The van der Waals surface area contributed by atoms with Gasteiger partial charge >= 0.3 is 5.97 Å². The molecule has 0 amide bonds.